The van der Waals surface area contributed by atoms with Crippen LogP contribution in [0, 0.1) is 11.6 Å². The molecule has 7 heteroatoms. The number of nitrogens with one attached hydrogen (secondary N) is 1. The Balaban J connectivity index is 3.11. The van der Waals surface area contributed by atoms with Crippen LogP contribution in [0.25, 0.3) is 0 Å². The van der Waals surface area contributed by atoms with Crippen LogP contribution in [0.3, 0.4) is 0 Å². The number of halogens is 2. The Kier molecular flexibility index (Phi) is 4.80. The predicted octanol–water partition coefficient (Wildman–Crippen LogP) is 0.755. The van der Waals surface area contributed by atoms with E-state index in [0.717, 1.165) is 17.0 Å². The first-order chi connectivity index (χ1) is 8.92. The van der Waals surface area contributed by atoms with E-state index in [2.05, 4.69) is 5.32 Å². The van der Waals surface area contributed by atoms with Gasteiger partial charge in [0.15, 0.2) is 5.82 Å². The number of nitrogens with two attached hydrogens (primary N) is 1. The van der Waals surface area contributed by atoms with Gasteiger partial charge in [-0.15, -0.1) is 0 Å². The van der Waals surface area contributed by atoms with Gasteiger partial charge >= 0.3 is 0 Å². The van der Waals surface area contributed by atoms with E-state index in [4.69, 9.17) is 5.73 Å². The lowest BCUT2D eigenvalue weighted by atomic mass is 10.1. The molecule has 0 spiro atoms. The van der Waals surface area contributed by atoms with Gasteiger partial charge in [0.2, 0.25) is 5.91 Å². The highest BCUT2D eigenvalue weighted by atomic mass is 19.1. The summed E-state index contributed by atoms with van der Waals surface area (Å²) < 4.78 is 27.3. The van der Waals surface area contributed by atoms with E-state index in [1.807, 2.05) is 0 Å². The summed E-state index contributed by atoms with van der Waals surface area (Å²) in [6, 6.07) is 1.95. The molecule has 0 bridgehead atoms. The van der Waals surface area contributed by atoms with E-state index in [1.165, 1.54) is 7.05 Å². The Hall–Kier alpha value is -2.18. The number of nitrogen functional groups attached to an aromatic ring is 1. The average molecular weight is 271 g/mol. The van der Waals surface area contributed by atoms with Crippen molar-refractivity contribution < 1.29 is 18.4 Å². The summed E-state index contributed by atoms with van der Waals surface area (Å²) in [6.07, 6.45) is 0. The molecule has 0 radical (unpaired) electrons. The lowest BCUT2D eigenvalue weighted by molar-refractivity contribution is -0.121. The minimum atomic E-state index is -1.11. The van der Waals surface area contributed by atoms with Gasteiger partial charge in [0, 0.05) is 13.6 Å². The van der Waals surface area contributed by atoms with Gasteiger partial charge in [-0.1, -0.05) is 0 Å². The third-order valence-corrected chi connectivity index (χ3v) is 2.62. The van der Waals surface area contributed by atoms with E-state index < -0.39 is 29.0 Å². The van der Waals surface area contributed by atoms with Crippen molar-refractivity contribution in [1.82, 2.24) is 10.2 Å². The van der Waals surface area contributed by atoms with Crippen LogP contribution in [0.15, 0.2) is 12.1 Å². The molecular weight excluding hydrogens is 256 g/mol. The molecule has 0 aromatic heterocycles. The first-order valence-corrected chi connectivity index (χ1v) is 5.65. The van der Waals surface area contributed by atoms with E-state index in [0.29, 0.717) is 0 Å². The van der Waals surface area contributed by atoms with Crippen molar-refractivity contribution in [2.24, 2.45) is 0 Å². The monoisotopic (exact) mass is 271 g/mol. The standard InChI is InChI=1S/C12H15F2N3O2/c1-3-17(6-9(18)16-2)12(19)10-7(13)4-5-8(15)11(10)14/h4-5H,3,6,15H2,1-2H3,(H,16,18). The van der Waals surface area contributed by atoms with Gasteiger partial charge in [-0.3, -0.25) is 9.59 Å². The zero-order valence-corrected chi connectivity index (χ0v) is 10.7. The van der Waals surface area contributed by atoms with Crippen LogP contribution in [-0.4, -0.2) is 36.9 Å². The van der Waals surface area contributed by atoms with Crippen LogP contribution in [-0.2, 0) is 4.79 Å². The fraction of sp³-hybridized carbons (Fsp3) is 0.333. The van der Waals surface area contributed by atoms with Crippen molar-refractivity contribution in [3.8, 4) is 0 Å². The first kappa shape index (κ1) is 14.9. The van der Waals surface area contributed by atoms with Gasteiger partial charge in [-0.2, -0.15) is 0 Å². The second kappa shape index (κ2) is 6.12. The van der Waals surface area contributed by atoms with E-state index in [1.54, 1.807) is 6.92 Å². The number of rotatable bonds is 4. The van der Waals surface area contributed by atoms with Gasteiger partial charge in [-0.25, -0.2) is 8.78 Å². The Morgan fingerprint density at radius 3 is 2.53 bits per heavy atom. The fourth-order valence-electron chi connectivity index (χ4n) is 1.50. The van der Waals surface area contributed by atoms with Crippen LogP contribution < -0.4 is 11.1 Å². The number of carbonyl (C=O) groups is 2. The van der Waals surface area contributed by atoms with Crippen molar-refractivity contribution in [3.05, 3.63) is 29.3 Å². The Morgan fingerprint density at radius 2 is 2.00 bits per heavy atom. The van der Waals surface area contributed by atoms with Crippen molar-refractivity contribution in [2.75, 3.05) is 25.9 Å². The second-order valence-corrected chi connectivity index (χ2v) is 3.82. The number of nitrogens with zero attached hydrogens (tertiary/aromatic N) is 1. The third-order valence-electron chi connectivity index (χ3n) is 2.62. The van der Waals surface area contributed by atoms with Gasteiger partial charge in [0.25, 0.3) is 5.91 Å². The molecule has 0 aliphatic rings. The molecule has 1 aromatic carbocycles. The average Bonchev–Trinajstić information content (AvgIpc) is 2.40. The number of hydrogen-bond donors (Lipinski definition) is 2. The molecule has 3 N–H and O–H groups in total. The Morgan fingerprint density at radius 1 is 1.37 bits per heavy atom. The zero-order valence-electron chi connectivity index (χ0n) is 10.7. The topological polar surface area (TPSA) is 75.4 Å². The molecule has 2 amide bonds. The summed E-state index contributed by atoms with van der Waals surface area (Å²) in [4.78, 5) is 24.3. The van der Waals surface area contributed by atoms with Crippen molar-refractivity contribution in [3.63, 3.8) is 0 Å². The normalized spacial score (nSPS) is 10.1. The highest BCUT2D eigenvalue weighted by Gasteiger charge is 2.24. The molecule has 0 fully saturated rings. The summed E-state index contributed by atoms with van der Waals surface area (Å²) in [6.45, 7) is 1.46. The highest BCUT2D eigenvalue weighted by Crippen LogP contribution is 2.20. The third kappa shape index (κ3) is 3.18. The lowest BCUT2D eigenvalue weighted by Gasteiger charge is -2.20. The Bertz CT molecular complexity index is 506. The lowest BCUT2D eigenvalue weighted by Crippen LogP contribution is -2.40. The van der Waals surface area contributed by atoms with Crippen LogP contribution in [0.5, 0.6) is 0 Å². The van der Waals surface area contributed by atoms with Crippen LogP contribution in [0.4, 0.5) is 14.5 Å². The minimum Gasteiger partial charge on any atom is -0.396 e. The molecule has 0 heterocycles. The number of hydrogen-bond acceptors (Lipinski definition) is 3. The van der Waals surface area contributed by atoms with Gasteiger partial charge in [-0.05, 0) is 19.1 Å². The van der Waals surface area contributed by atoms with Gasteiger partial charge in [0.1, 0.15) is 11.4 Å². The molecule has 0 unspecified atom stereocenters. The van der Waals surface area contributed by atoms with E-state index in [9.17, 15) is 18.4 Å². The molecule has 0 aliphatic carbocycles. The summed E-state index contributed by atoms with van der Waals surface area (Å²) in [5, 5.41) is 2.33. The van der Waals surface area contributed by atoms with E-state index >= 15 is 0 Å². The first-order valence-electron chi connectivity index (χ1n) is 5.65. The summed E-state index contributed by atoms with van der Waals surface area (Å²) in [5.41, 5.74) is 4.24. The molecule has 0 saturated heterocycles. The number of carbonyl (C=O) groups excluding carboxylic acids is 2. The number of anilines is 1. The maximum atomic E-state index is 13.7. The maximum Gasteiger partial charge on any atom is 0.260 e. The number of benzene rings is 1. The number of amides is 2. The Labute approximate surface area is 109 Å². The molecule has 104 valence electrons. The van der Waals surface area contributed by atoms with Gasteiger partial charge in [0.05, 0.1) is 12.2 Å². The molecule has 19 heavy (non-hydrogen) atoms. The fourth-order valence-corrected chi connectivity index (χ4v) is 1.50. The zero-order chi connectivity index (χ0) is 14.6. The molecule has 5 nitrogen and oxygen atoms in total. The van der Waals surface area contributed by atoms with Crippen LogP contribution in [0.2, 0.25) is 0 Å². The molecule has 1 rings (SSSR count). The van der Waals surface area contributed by atoms with Crippen LogP contribution >= 0.6 is 0 Å². The smallest absolute Gasteiger partial charge is 0.260 e. The predicted molar refractivity (Wildman–Crippen MR) is 66.4 cm³/mol. The molecule has 0 saturated carbocycles. The maximum absolute atomic E-state index is 13.7. The quantitative estimate of drug-likeness (QED) is 0.794. The SMILES string of the molecule is CCN(CC(=O)NC)C(=O)c1c(F)ccc(N)c1F. The summed E-state index contributed by atoms with van der Waals surface area (Å²) in [5.74, 6) is -3.46. The van der Waals surface area contributed by atoms with Crippen molar-refractivity contribution in [2.45, 2.75) is 6.92 Å². The molecular formula is C12H15F2N3O2. The van der Waals surface area contributed by atoms with Crippen molar-refractivity contribution in [1.29, 1.82) is 0 Å². The summed E-state index contributed by atoms with van der Waals surface area (Å²) >= 11 is 0. The minimum absolute atomic E-state index is 0.139. The van der Waals surface area contributed by atoms with Crippen LogP contribution in [0.1, 0.15) is 17.3 Å². The largest absolute Gasteiger partial charge is 0.396 e. The molecule has 0 aliphatic heterocycles. The highest BCUT2D eigenvalue weighted by molar-refractivity contribution is 5.97. The van der Waals surface area contributed by atoms with E-state index in [-0.39, 0.29) is 18.8 Å². The number of likely N-dealkylation sites (N-methyl/N-ethyl adjacent to an activating group) is 2. The summed E-state index contributed by atoms with van der Waals surface area (Å²) in [7, 11) is 1.41. The van der Waals surface area contributed by atoms with Crippen molar-refractivity contribution >= 4 is 17.5 Å². The molecule has 1 aromatic rings. The molecule has 0 atom stereocenters. The van der Waals surface area contributed by atoms with Gasteiger partial charge < -0.3 is 16.0 Å². The second-order valence-electron chi connectivity index (χ2n) is 3.82.